The second kappa shape index (κ2) is 11.6. The molecule has 0 fully saturated rings. The summed E-state index contributed by atoms with van der Waals surface area (Å²) in [5, 5.41) is 0. The number of thiophene rings is 8. The first-order chi connectivity index (χ1) is 23.1. The van der Waals surface area contributed by atoms with Gasteiger partial charge in [0.05, 0.1) is 0 Å². The van der Waals surface area contributed by atoms with E-state index >= 15 is 0 Å². The quantitative estimate of drug-likeness (QED) is 0.144. The zero-order chi connectivity index (χ0) is 33.2. The monoisotopic (exact) mass is 768 g/mol. The standard InChI is InChI=1S/C40H32S8/c1-17-18(2)34-26-11-12-28(42-26)36-21(5)22(6)38(47-36)30-15-16-32(44-30)40-24(8)23(7)39(48-40)31-14-13-29(43-31)37-20(4)19(3)35(46-37)27-10-9-25(41-27)33(17)45-34/h9-16H,1-8H3. The molecule has 48 heavy (non-hydrogen) atoms. The van der Waals surface area contributed by atoms with Crippen LogP contribution in [-0.4, -0.2) is 0 Å². The minimum Gasteiger partial charge on any atom is -0.133 e. The van der Waals surface area contributed by atoms with Crippen molar-refractivity contribution in [3.05, 3.63) is 93.0 Å². The molecule has 0 aromatic carbocycles. The molecule has 0 atom stereocenters. The van der Waals surface area contributed by atoms with Crippen molar-refractivity contribution in [1.82, 2.24) is 0 Å². The Balaban J connectivity index is 1.26. The molecule has 0 aliphatic carbocycles. The van der Waals surface area contributed by atoms with Gasteiger partial charge in [0.15, 0.2) is 0 Å². The summed E-state index contributed by atoms with van der Waals surface area (Å²) in [5.41, 5.74) is 11.3. The summed E-state index contributed by atoms with van der Waals surface area (Å²) in [6.45, 7) is 18.5. The molecule has 8 heteroatoms. The van der Waals surface area contributed by atoms with Gasteiger partial charge in [-0.2, -0.15) is 0 Å². The Morgan fingerprint density at radius 3 is 0.458 bits per heavy atom. The van der Waals surface area contributed by atoms with E-state index in [1.165, 1.54) is 123 Å². The van der Waals surface area contributed by atoms with E-state index in [0.29, 0.717) is 0 Å². The van der Waals surface area contributed by atoms with Gasteiger partial charge in [0.25, 0.3) is 0 Å². The molecule has 0 nitrogen and oxygen atoms in total. The highest BCUT2D eigenvalue weighted by molar-refractivity contribution is 7.33. The van der Waals surface area contributed by atoms with Crippen molar-refractivity contribution in [2.45, 2.75) is 55.4 Å². The van der Waals surface area contributed by atoms with Gasteiger partial charge in [-0.15, -0.1) is 90.7 Å². The fourth-order valence-corrected chi connectivity index (χ4v) is 17.2. The van der Waals surface area contributed by atoms with Crippen LogP contribution in [0.2, 0.25) is 0 Å². The van der Waals surface area contributed by atoms with Crippen LogP contribution in [-0.2, 0) is 0 Å². The molecule has 0 spiro atoms. The maximum atomic E-state index is 2.36. The fourth-order valence-electron chi connectivity index (χ4n) is 6.59. The zero-order valence-electron chi connectivity index (χ0n) is 27.9. The average molecular weight is 769 g/mol. The molecular formula is C40H32S8. The highest BCUT2D eigenvalue weighted by Crippen LogP contribution is 2.54. The Hall–Kier alpha value is -2.40. The number of fused-ring (bicyclic) bond motifs is 24. The summed E-state index contributed by atoms with van der Waals surface area (Å²) in [4.78, 5) is 22.3. The predicted molar refractivity (Wildman–Crippen MR) is 224 cm³/mol. The normalized spacial score (nSPS) is 12.2. The van der Waals surface area contributed by atoms with E-state index in [1.54, 1.807) is 0 Å². The fraction of sp³-hybridized carbons (Fsp3) is 0.200. The summed E-state index contributed by atoms with van der Waals surface area (Å²) in [7, 11) is 0. The summed E-state index contributed by atoms with van der Waals surface area (Å²) in [6.07, 6.45) is 0. The van der Waals surface area contributed by atoms with E-state index in [4.69, 9.17) is 0 Å². The third-order valence-electron chi connectivity index (χ3n) is 10.0. The van der Waals surface area contributed by atoms with Crippen molar-refractivity contribution in [3.63, 3.8) is 0 Å². The Morgan fingerprint density at radius 1 is 0.208 bits per heavy atom. The molecule has 8 aromatic rings. The van der Waals surface area contributed by atoms with E-state index in [9.17, 15) is 0 Å². The molecular weight excluding hydrogens is 737 g/mol. The Kier molecular flexibility index (Phi) is 7.61. The van der Waals surface area contributed by atoms with Crippen molar-refractivity contribution in [1.29, 1.82) is 0 Å². The molecule has 0 amide bonds. The van der Waals surface area contributed by atoms with Crippen LogP contribution in [0.3, 0.4) is 0 Å². The predicted octanol–water partition coefficient (Wildman–Crippen LogP) is 16.3. The number of hydrogen-bond donors (Lipinski definition) is 0. The van der Waals surface area contributed by atoms with Gasteiger partial charge in [-0.25, -0.2) is 0 Å². The van der Waals surface area contributed by atoms with Crippen LogP contribution in [0.1, 0.15) is 44.5 Å². The number of hydrogen-bond acceptors (Lipinski definition) is 8. The van der Waals surface area contributed by atoms with Crippen molar-refractivity contribution in [3.8, 4) is 78.0 Å². The molecule has 1 aliphatic rings. The molecule has 0 radical (unpaired) electrons. The second-order valence-electron chi connectivity index (χ2n) is 12.7. The summed E-state index contributed by atoms with van der Waals surface area (Å²) in [5.74, 6) is 0. The lowest BCUT2D eigenvalue weighted by molar-refractivity contribution is 1.41. The van der Waals surface area contributed by atoms with Crippen LogP contribution in [0.15, 0.2) is 48.5 Å². The van der Waals surface area contributed by atoms with E-state index in [1.807, 2.05) is 90.7 Å². The van der Waals surface area contributed by atoms with Gasteiger partial charge in [0.1, 0.15) is 0 Å². The summed E-state index contributed by atoms with van der Waals surface area (Å²) < 4.78 is 0. The van der Waals surface area contributed by atoms with E-state index in [2.05, 4.69) is 104 Å². The topological polar surface area (TPSA) is 0 Å². The summed E-state index contributed by atoms with van der Waals surface area (Å²) in [6, 6.07) is 18.9. The second-order valence-corrected chi connectivity index (χ2v) is 21.1. The van der Waals surface area contributed by atoms with Crippen LogP contribution in [0.25, 0.3) is 78.0 Å². The molecule has 0 saturated carbocycles. The number of rotatable bonds is 0. The Bertz CT molecular complexity index is 2040. The van der Waals surface area contributed by atoms with Gasteiger partial charge in [-0.1, -0.05) is 0 Å². The lowest BCUT2D eigenvalue weighted by Gasteiger charge is -1.98. The minimum atomic E-state index is 1.38. The van der Waals surface area contributed by atoms with Crippen LogP contribution in [0.4, 0.5) is 0 Å². The minimum absolute atomic E-state index is 1.38. The largest absolute Gasteiger partial charge is 0.133 e. The molecule has 9 rings (SSSR count). The zero-order valence-corrected chi connectivity index (χ0v) is 34.4. The molecule has 0 N–H and O–H groups in total. The van der Waals surface area contributed by atoms with E-state index in [-0.39, 0.29) is 0 Å². The highest BCUT2D eigenvalue weighted by atomic mass is 32.1. The molecule has 0 saturated heterocycles. The van der Waals surface area contributed by atoms with Crippen LogP contribution >= 0.6 is 90.7 Å². The molecule has 16 bridgehead atoms. The first kappa shape index (κ1) is 31.6. The van der Waals surface area contributed by atoms with Crippen molar-refractivity contribution in [2.24, 2.45) is 0 Å². The Labute approximate surface area is 314 Å². The van der Waals surface area contributed by atoms with E-state index in [0.717, 1.165) is 0 Å². The molecule has 1 aliphatic heterocycles. The SMILES string of the molecule is Cc1c2sc(c1C)-c1ccc(s1)-c1sc(c(C)c1C)-c1ccc(s1)-c1sc(c(C)c1C)-c1ccc(s1)-c1sc(c(C)c1C)-c1ccc-2s1. The third-order valence-corrected chi connectivity index (χ3v) is 21.4. The molecule has 8 aromatic heterocycles. The third kappa shape index (κ3) is 4.71. The highest BCUT2D eigenvalue weighted by Gasteiger charge is 2.24. The summed E-state index contributed by atoms with van der Waals surface area (Å²) >= 11 is 15.7. The van der Waals surface area contributed by atoms with Crippen LogP contribution in [0.5, 0.6) is 0 Å². The lowest BCUT2D eigenvalue weighted by Crippen LogP contribution is -1.76. The Morgan fingerprint density at radius 2 is 0.333 bits per heavy atom. The first-order valence-corrected chi connectivity index (χ1v) is 22.4. The maximum absolute atomic E-state index is 2.36. The molecule has 9 heterocycles. The van der Waals surface area contributed by atoms with Crippen molar-refractivity contribution < 1.29 is 0 Å². The van der Waals surface area contributed by atoms with Crippen LogP contribution < -0.4 is 0 Å². The van der Waals surface area contributed by atoms with Gasteiger partial charge in [0, 0.05) is 78.0 Å². The van der Waals surface area contributed by atoms with Crippen molar-refractivity contribution in [2.75, 3.05) is 0 Å². The maximum Gasteiger partial charge on any atom is 0.0481 e. The average Bonchev–Trinajstić information content (AvgIpc) is 3.92. The van der Waals surface area contributed by atoms with Gasteiger partial charge in [-0.3, -0.25) is 0 Å². The van der Waals surface area contributed by atoms with Gasteiger partial charge < -0.3 is 0 Å². The van der Waals surface area contributed by atoms with Crippen LogP contribution in [0, 0.1) is 55.4 Å². The lowest BCUT2D eigenvalue weighted by atomic mass is 10.1. The smallest absolute Gasteiger partial charge is 0.0481 e. The molecule has 0 unspecified atom stereocenters. The first-order valence-electron chi connectivity index (χ1n) is 15.9. The van der Waals surface area contributed by atoms with E-state index < -0.39 is 0 Å². The van der Waals surface area contributed by atoms with Gasteiger partial charge in [-0.05, 0) is 148 Å². The van der Waals surface area contributed by atoms with Gasteiger partial charge in [0.2, 0.25) is 0 Å². The van der Waals surface area contributed by atoms with Gasteiger partial charge >= 0.3 is 0 Å². The van der Waals surface area contributed by atoms with Crippen molar-refractivity contribution >= 4 is 90.7 Å². The molecule has 240 valence electrons.